The molecular weight excluding hydrogens is 500 g/mol. The highest BCUT2D eigenvalue weighted by molar-refractivity contribution is 9.10. The van der Waals surface area contributed by atoms with Crippen LogP contribution in [0.25, 0.3) is 16.9 Å². The quantitative estimate of drug-likeness (QED) is 0.452. The third-order valence-electron chi connectivity index (χ3n) is 5.47. The van der Waals surface area contributed by atoms with Crippen LogP contribution in [0.15, 0.2) is 64.2 Å². The molecule has 2 unspecified atom stereocenters. The summed E-state index contributed by atoms with van der Waals surface area (Å²) in [7, 11) is 1.60. The summed E-state index contributed by atoms with van der Waals surface area (Å²) in [6.45, 7) is 5.24. The number of nitrogens with zero attached hydrogens (tertiary/aromatic N) is 3. The van der Waals surface area contributed by atoms with Crippen LogP contribution in [0, 0.1) is 5.92 Å². The molecular formula is C25H25BrN4O4. The predicted molar refractivity (Wildman–Crippen MR) is 132 cm³/mol. The van der Waals surface area contributed by atoms with Gasteiger partial charge in [-0.1, -0.05) is 18.2 Å². The number of ether oxygens (including phenoxy) is 2. The van der Waals surface area contributed by atoms with E-state index in [2.05, 4.69) is 26.2 Å². The van der Waals surface area contributed by atoms with Gasteiger partial charge in [-0.3, -0.25) is 4.79 Å². The lowest BCUT2D eigenvalue weighted by molar-refractivity contribution is -0.150. The molecule has 1 aromatic heterocycles. The molecule has 2 amide bonds. The summed E-state index contributed by atoms with van der Waals surface area (Å²) in [5.41, 5.74) is 3.33. The molecule has 0 spiro atoms. The second kappa shape index (κ2) is 9.80. The fraction of sp³-hybridized carbons (Fsp3) is 0.280. The van der Waals surface area contributed by atoms with Gasteiger partial charge in [-0.25, -0.2) is 14.5 Å². The maximum Gasteiger partial charge on any atom is 0.341 e. The zero-order chi connectivity index (χ0) is 24.4. The smallest absolute Gasteiger partial charge is 0.341 e. The lowest BCUT2D eigenvalue weighted by Crippen LogP contribution is -2.44. The average Bonchev–Trinajstić information content (AvgIpc) is 3.24. The third-order valence-corrected chi connectivity index (χ3v) is 6.09. The first kappa shape index (κ1) is 23.7. The minimum Gasteiger partial charge on any atom is -0.496 e. The van der Waals surface area contributed by atoms with Gasteiger partial charge in [-0.05, 0) is 67.0 Å². The van der Waals surface area contributed by atoms with Crippen molar-refractivity contribution >= 4 is 33.6 Å². The van der Waals surface area contributed by atoms with Crippen molar-refractivity contribution < 1.29 is 19.1 Å². The Morgan fingerprint density at radius 1 is 1.18 bits per heavy atom. The summed E-state index contributed by atoms with van der Waals surface area (Å²) >= 11 is 3.54. The Kier molecular flexibility index (Phi) is 6.83. The summed E-state index contributed by atoms with van der Waals surface area (Å²) in [6.07, 6.45) is 1.53. The van der Waals surface area contributed by atoms with E-state index >= 15 is 0 Å². The highest BCUT2D eigenvalue weighted by atomic mass is 79.9. The molecule has 1 aliphatic rings. The van der Waals surface area contributed by atoms with Crippen molar-refractivity contribution in [3.8, 4) is 22.7 Å². The fourth-order valence-electron chi connectivity index (χ4n) is 3.96. The molecule has 2 atom stereocenters. The Morgan fingerprint density at radius 3 is 2.56 bits per heavy atom. The predicted octanol–water partition coefficient (Wildman–Crippen LogP) is 5.10. The van der Waals surface area contributed by atoms with Crippen LogP contribution in [0.2, 0.25) is 0 Å². The Morgan fingerprint density at radius 2 is 1.91 bits per heavy atom. The molecule has 1 N–H and O–H groups in total. The Balaban J connectivity index is 1.88. The number of hydrogen-bond acceptors (Lipinski definition) is 5. The first-order valence-electron chi connectivity index (χ1n) is 10.8. The van der Waals surface area contributed by atoms with E-state index < -0.39 is 24.0 Å². The number of benzene rings is 2. The van der Waals surface area contributed by atoms with Crippen LogP contribution in [-0.2, 0) is 9.53 Å². The normalized spacial score (nSPS) is 17.8. The van der Waals surface area contributed by atoms with Gasteiger partial charge in [0.1, 0.15) is 11.7 Å². The number of carbonyl (C=O) groups is 2. The number of carbonyl (C=O) groups excluding carboxylic acids is 2. The van der Waals surface area contributed by atoms with E-state index in [9.17, 15) is 9.59 Å². The van der Waals surface area contributed by atoms with Crippen LogP contribution in [0.4, 0.5) is 4.79 Å². The minimum absolute atomic E-state index is 0.303. The van der Waals surface area contributed by atoms with Crippen LogP contribution in [0.3, 0.4) is 0 Å². The Labute approximate surface area is 206 Å². The van der Waals surface area contributed by atoms with Crippen LogP contribution in [-0.4, -0.2) is 40.7 Å². The molecule has 34 heavy (non-hydrogen) atoms. The van der Waals surface area contributed by atoms with Crippen LogP contribution < -0.4 is 10.1 Å². The number of amides is 2. The third kappa shape index (κ3) is 4.75. The monoisotopic (exact) mass is 524 g/mol. The average molecular weight is 525 g/mol. The van der Waals surface area contributed by atoms with Crippen molar-refractivity contribution in [1.29, 1.82) is 0 Å². The maximum atomic E-state index is 13.1. The summed E-state index contributed by atoms with van der Waals surface area (Å²) in [6, 6.07) is 14.0. The van der Waals surface area contributed by atoms with Crippen molar-refractivity contribution in [3.05, 3.63) is 64.8 Å². The van der Waals surface area contributed by atoms with E-state index in [1.54, 1.807) is 32.6 Å². The van der Waals surface area contributed by atoms with Gasteiger partial charge in [0.15, 0.2) is 0 Å². The van der Waals surface area contributed by atoms with E-state index in [0.29, 0.717) is 22.7 Å². The lowest BCUT2D eigenvalue weighted by atomic mass is 9.87. The van der Waals surface area contributed by atoms with Gasteiger partial charge in [-0.2, -0.15) is 5.10 Å². The summed E-state index contributed by atoms with van der Waals surface area (Å²) in [5, 5.41) is 7.70. The van der Waals surface area contributed by atoms with E-state index in [4.69, 9.17) is 14.6 Å². The molecule has 0 bridgehead atoms. The molecule has 4 rings (SSSR count). The molecule has 0 radical (unpaired) electrons. The lowest BCUT2D eigenvalue weighted by Gasteiger charge is -2.30. The summed E-state index contributed by atoms with van der Waals surface area (Å²) in [4.78, 5) is 29.5. The largest absolute Gasteiger partial charge is 0.496 e. The Bertz CT molecular complexity index is 1250. The first-order valence-corrected chi connectivity index (χ1v) is 11.6. The van der Waals surface area contributed by atoms with Crippen molar-refractivity contribution in [3.63, 3.8) is 0 Å². The number of para-hydroxylation sites is 1. The molecule has 1 aliphatic heterocycles. The van der Waals surface area contributed by atoms with Gasteiger partial charge in [0.05, 0.1) is 35.1 Å². The minimum atomic E-state index is -0.783. The number of hydrogen-bond donors (Lipinski definition) is 1. The van der Waals surface area contributed by atoms with Crippen LogP contribution in [0.5, 0.6) is 5.75 Å². The van der Waals surface area contributed by atoms with E-state index in [1.165, 1.54) is 0 Å². The van der Waals surface area contributed by atoms with Gasteiger partial charge in [0.2, 0.25) is 0 Å². The Hall–Kier alpha value is -3.46. The van der Waals surface area contributed by atoms with Crippen molar-refractivity contribution in [2.45, 2.75) is 32.9 Å². The van der Waals surface area contributed by atoms with Crippen LogP contribution in [0.1, 0.15) is 32.4 Å². The second-order valence-corrected chi connectivity index (χ2v) is 9.06. The molecule has 2 aromatic carbocycles. The van der Waals surface area contributed by atoms with Gasteiger partial charge < -0.3 is 14.8 Å². The highest BCUT2D eigenvalue weighted by Gasteiger charge is 2.40. The standard InChI is InChI=1S/C25H25BrN4O4/c1-14(2)34-24(31)21-15(3)27-25(32)28-23(21)18-13-30(17-8-6-5-7-9-17)29-22(18)16-10-11-20(33-4)19(26)12-16/h5-14,21,23H,1-4H3,(H,28,32). The van der Waals surface area contributed by atoms with Gasteiger partial charge in [0.25, 0.3) is 0 Å². The summed E-state index contributed by atoms with van der Waals surface area (Å²) < 4.78 is 13.4. The molecule has 9 heteroatoms. The molecule has 176 valence electrons. The van der Waals surface area contributed by atoms with Gasteiger partial charge in [-0.15, -0.1) is 0 Å². The topological polar surface area (TPSA) is 94.8 Å². The van der Waals surface area contributed by atoms with Gasteiger partial charge in [0, 0.05) is 23.0 Å². The van der Waals surface area contributed by atoms with Crippen LogP contribution >= 0.6 is 15.9 Å². The number of halogens is 1. The molecule has 8 nitrogen and oxygen atoms in total. The van der Waals surface area contributed by atoms with E-state index in [0.717, 1.165) is 15.7 Å². The zero-order valence-corrected chi connectivity index (χ0v) is 20.9. The molecule has 0 saturated carbocycles. The number of aromatic nitrogens is 2. The first-order chi connectivity index (χ1) is 16.3. The molecule has 0 aliphatic carbocycles. The zero-order valence-electron chi connectivity index (χ0n) is 19.3. The molecule has 0 saturated heterocycles. The van der Waals surface area contributed by atoms with Gasteiger partial charge >= 0.3 is 12.0 Å². The van der Waals surface area contributed by atoms with Crippen molar-refractivity contribution in [2.75, 3.05) is 7.11 Å². The second-order valence-electron chi connectivity index (χ2n) is 8.21. The number of urea groups is 1. The van der Waals surface area contributed by atoms with Crippen molar-refractivity contribution in [2.24, 2.45) is 10.9 Å². The molecule has 0 fully saturated rings. The SMILES string of the molecule is COc1ccc(-c2nn(-c3ccccc3)cc2C2NC(=O)N=C(C)C2C(=O)OC(C)C)cc1Br. The van der Waals surface area contributed by atoms with E-state index in [-0.39, 0.29) is 6.10 Å². The summed E-state index contributed by atoms with van der Waals surface area (Å²) in [5.74, 6) is -0.551. The highest BCUT2D eigenvalue weighted by Crippen LogP contribution is 2.37. The van der Waals surface area contributed by atoms with E-state index in [1.807, 2.05) is 54.7 Å². The molecule has 2 heterocycles. The fourth-order valence-corrected chi connectivity index (χ4v) is 4.50. The maximum absolute atomic E-state index is 13.1. The number of nitrogens with one attached hydrogen (secondary N) is 1. The molecule has 3 aromatic rings. The number of aliphatic imine (C=N–C) groups is 1. The number of methoxy groups -OCH3 is 1. The number of esters is 1. The number of rotatable bonds is 6. The van der Waals surface area contributed by atoms with Crippen molar-refractivity contribution in [1.82, 2.24) is 15.1 Å².